The molecule has 1 unspecified atom stereocenters. The first-order valence-electron chi connectivity index (χ1n) is 4.87. The van der Waals surface area contributed by atoms with E-state index < -0.39 is 6.03 Å². The molecule has 0 aromatic rings. The third-order valence-electron chi connectivity index (χ3n) is 1.84. The highest BCUT2D eigenvalue weighted by Crippen LogP contribution is 1.86. The molecular formula is C9H19N3O2. The zero-order chi connectivity index (χ0) is 11.0. The molecule has 0 fully saturated rings. The second kappa shape index (κ2) is 7.32. The molecule has 82 valence electrons. The Morgan fingerprint density at radius 3 is 2.50 bits per heavy atom. The Balaban J connectivity index is 3.70. The van der Waals surface area contributed by atoms with Crippen molar-refractivity contribution < 1.29 is 9.59 Å². The topological polar surface area (TPSA) is 70.2 Å². The van der Waals surface area contributed by atoms with Crippen molar-refractivity contribution in [2.24, 2.45) is 0 Å². The van der Waals surface area contributed by atoms with Crippen LogP contribution in [0.1, 0.15) is 26.7 Å². The Bertz CT molecular complexity index is 194. The van der Waals surface area contributed by atoms with Crippen LogP contribution in [0.4, 0.5) is 4.79 Å². The smallest absolute Gasteiger partial charge is 0.321 e. The maximum Gasteiger partial charge on any atom is 0.321 e. The van der Waals surface area contributed by atoms with E-state index in [1.54, 1.807) is 6.92 Å². The van der Waals surface area contributed by atoms with Crippen molar-refractivity contribution in [3.63, 3.8) is 0 Å². The van der Waals surface area contributed by atoms with E-state index in [-0.39, 0.29) is 11.9 Å². The first-order chi connectivity index (χ1) is 6.61. The standard InChI is InChI=1S/C9H19N3O2/c1-4-5-6-11-7(2)8(13)12-9(14)10-3/h7,11H,4-6H2,1-3H3,(H2,10,12,13,14). The van der Waals surface area contributed by atoms with E-state index in [0.29, 0.717) is 0 Å². The number of urea groups is 1. The highest BCUT2D eigenvalue weighted by Gasteiger charge is 2.13. The van der Waals surface area contributed by atoms with Crippen molar-refractivity contribution in [1.29, 1.82) is 0 Å². The first-order valence-corrected chi connectivity index (χ1v) is 4.87. The Labute approximate surface area is 84.6 Å². The lowest BCUT2D eigenvalue weighted by Gasteiger charge is -2.12. The van der Waals surface area contributed by atoms with Crippen molar-refractivity contribution in [2.75, 3.05) is 13.6 Å². The predicted octanol–water partition coefficient (Wildman–Crippen LogP) is 0.220. The fraction of sp³-hybridized carbons (Fsp3) is 0.778. The summed E-state index contributed by atoms with van der Waals surface area (Å²) < 4.78 is 0. The van der Waals surface area contributed by atoms with Gasteiger partial charge in [0.15, 0.2) is 0 Å². The van der Waals surface area contributed by atoms with E-state index in [0.717, 1.165) is 19.4 Å². The molecule has 0 aliphatic carbocycles. The maximum atomic E-state index is 11.3. The molecule has 5 nitrogen and oxygen atoms in total. The minimum absolute atomic E-state index is 0.305. The summed E-state index contributed by atoms with van der Waals surface area (Å²) in [6.45, 7) is 4.60. The molecule has 0 radical (unpaired) electrons. The Kier molecular flexibility index (Phi) is 6.74. The Morgan fingerprint density at radius 1 is 1.36 bits per heavy atom. The molecule has 14 heavy (non-hydrogen) atoms. The minimum atomic E-state index is -0.473. The lowest BCUT2D eigenvalue weighted by Crippen LogP contribution is -2.47. The van der Waals surface area contributed by atoms with Crippen LogP contribution in [0.25, 0.3) is 0 Å². The van der Waals surface area contributed by atoms with Gasteiger partial charge in [-0.25, -0.2) is 4.79 Å². The van der Waals surface area contributed by atoms with Crippen molar-refractivity contribution >= 4 is 11.9 Å². The van der Waals surface area contributed by atoms with Gasteiger partial charge in [-0.2, -0.15) is 0 Å². The molecule has 5 heteroatoms. The van der Waals surface area contributed by atoms with Crippen molar-refractivity contribution in [1.82, 2.24) is 16.0 Å². The largest absolute Gasteiger partial charge is 0.341 e. The van der Waals surface area contributed by atoms with Crippen LogP contribution in [-0.4, -0.2) is 31.6 Å². The fourth-order valence-corrected chi connectivity index (χ4v) is 0.871. The van der Waals surface area contributed by atoms with Crippen molar-refractivity contribution in [2.45, 2.75) is 32.7 Å². The number of amides is 3. The van der Waals surface area contributed by atoms with Crippen molar-refractivity contribution in [3.8, 4) is 0 Å². The highest BCUT2D eigenvalue weighted by atomic mass is 16.2. The number of carbonyl (C=O) groups is 2. The second-order valence-corrected chi connectivity index (χ2v) is 3.10. The third kappa shape index (κ3) is 5.53. The average molecular weight is 201 g/mol. The normalized spacial score (nSPS) is 11.9. The quantitative estimate of drug-likeness (QED) is 0.557. The van der Waals surface area contributed by atoms with Crippen molar-refractivity contribution in [3.05, 3.63) is 0 Å². The average Bonchev–Trinajstić information content (AvgIpc) is 2.17. The molecule has 0 saturated heterocycles. The van der Waals surface area contributed by atoms with E-state index in [1.807, 2.05) is 0 Å². The molecule has 0 aromatic carbocycles. The lowest BCUT2D eigenvalue weighted by molar-refractivity contribution is -0.121. The second-order valence-electron chi connectivity index (χ2n) is 3.10. The number of hydrogen-bond acceptors (Lipinski definition) is 3. The molecule has 0 bridgehead atoms. The lowest BCUT2D eigenvalue weighted by atomic mass is 10.3. The van der Waals surface area contributed by atoms with Gasteiger partial charge in [0.2, 0.25) is 5.91 Å². The summed E-state index contributed by atoms with van der Waals surface area (Å²) in [5.41, 5.74) is 0. The zero-order valence-electron chi connectivity index (χ0n) is 9.02. The zero-order valence-corrected chi connectivity index (χ0v) is 9.02. The molecule has 0 spiro atoms. The summed E-state index contributed by atoms with van der Waals surface area (Å²) in [5, 5.41) is 7.54. The number of unbranched alkanes of at least 4 members (excludes halogenated alkanes) is 1. The molecule has 0 aliphatic heterocycles. The SMILES string of the molecule is CCCCNC(C)C(=O)NC(=O)NC. The van der Waals surface area contributed by atoms with E-state index in [2.05, 4.69) is 22.9 Å². The van der Waals surface area contributed by atoms with Gasteiger partial charge >= 0.3 is 6.03 Å². The first kappa shape index (κ1) is 12.9. The van der Waals surface area contributed by atoms with E-state index in [9.17, 15) is 9.59 Å². The Morgan fingerprint density at radius 2 is 2.00 bits per heavy atom. The van der Waals surface area contributed by atoms with Gasteiger partial charge in [-0.1, -0.05) is 13.3 Å². The number of rotatable bonds is 5. The molecule has 3 N–H and O–H groups in total. The van der Waals surface area contributed by atoms with Crippen LogP contribution >= 0.6 is 0 Å². The van der Waals surface area contributed by atoms with Gasteiger partial charge in [-0.15, -0.1) is 0 Å². The van der Waals surface area contributed by atoms with E-state index in [4.69, 9.17) is 0 Å². The molecule has 1 atom stereocenters. The van der Waals surface area contributed by atoms with Crippen LogP contribution in [0.3, 0.4) is 0 Å². The van der Waals surface area contributed by atoms with Crippen LogP contribution in [0.2, 0.25) is 0 Å². The summed E-state index contributed by atoms with van der Waals surface area (Å²) in [6, 6.07) is -0.807. The van der Waals surface area contributed by atoms with Crippen LogP contribution < -0.4 is 16.0 Å². The molecular weight excluding hydrogens is 182 g/mol. The summed E-state index contributed by atoms with van der Waals surface area (Å²) in [5.74, 6) is -0.305. The summed E-state index contributed by atoms with van der Waals surface area (Å²) >= 11 is 0. The van der Waals surface area contributed by atoms with Gasteiger partial charge in [-0.3, -0.25) is 10.1 Å². The Hall–Kier alpha value is -1.10. The molecule has 0 aliphatic rings. The van der Waals surface area contributed by atoms with Crippen LogP contribution in [0.5, 0.6) is 0 Å². The van der Waals surface area contributed by atoms with Gasteiger partial charge in [0, 0.05) is 7.05 Å². The van der Waals surface area contributed by atoms with Gasteiger partial charge in [0.05, 0.1) is 6.04 Å². The van der Waals surface area contributed by atoms with E-state index in [1.165, 1.54) is 7.05 Å². The highest BCUT2D eigenvalue weighted by molar-refractivity contribution is 5.96. The van der Waals surface area contributed by atoms with Gasteiger partial charge in [0.1, 0.15) is 0 Å². The van der Waals surface area contributed by atoms with Gasteiger partial charge in [0.25, 0.3) is 0 Å². The third-order valence-corrected chi connectivity index (χ3v) is 1.84. The monoisotopic (exact) mass is 201 g/mol. The summed E-state index contributed by atoms with van der Waals surface area (Å²) in [7, 11) is 1.47. The molecule has 0 heterocycles. The van der Waals surface area contributed by atoms with Gasteiger partial charge in [-0.05, 0) is 19.9 Å². The number of nitrogens with one attached hydrogen (secondary N) is 3. The fourth-order valence-electron chi connectivity index (χ4n) is 0.871. The maximum absolute atomic E-state index is 11.3. The van der Waals surface area contributed by atoms with Crippen LogP contribution in [0.15, 0.2) is 0 Å². The summed E-state index contributed by atoms with van der Waals surface area (Å²) in [6.07, 6.45) is 2.11. The minimum Gasteiger partial charge on any atom is -0.341 e. The van der Waals surface area contributed by atoms with Gasteiger partial charge < -0.3 is 10.6 Å². The molecule has 0 aromatic heterocycles. The predicted molar refractivity (Wildman–Crippen MR) is 55.0 cm³/mol. The molecule has 0 rings (SSSR count). The molecule has 0 saturated carbocycles. The van der Waals surface area contributed by atoms with Crippen LogP contribution in [-0.2, 0) is 4.79 Å². The number of imide groups is 1. The number of hydrogen-bond donors (Lipinski definition) is 3. The number of carbonyl (C=O) groups excluding carboxylic acids is 2. The van der Waals surface area contributed by atoms with Crippen LogP contribution in [0, 0.1) is 0 Å². The summed E-state index contributed by atoms with van der Waals surface area (Å²) in [4.78, 5) is 22.1. The van der Waals surface area contributed by atoms with E-state index >= 15 is 0 Å². The molecule has 3 amide bonds.